The maximum atomic E-state index is 12.6. The Labute approximate surface area is 153 Å². The number of ether oxygens (including phenoxy) is 1. The summed E-state index contributed by atoms with van der Waals surface area (Å²) in [4.78, 5) is 31.0. The summed E-state index contributed by atoms with van der Waals surface area (Å²) in [7, 11) is 0. The van der Waals surface area contributed by atoms with E-state index in [4.69, 9.17) is 9.15 Å². The van der Waals surface area contributed by atoms with Crippen molar-refractivity contribution in [1.29, 1.82) is 0 Å². The van der Waals surface area contributed by atoms with Gasteiger partial charge in [0.1, 0.15) is 12.3 Å². The molecule has 2 aromatic heterocycles. The Hall–Kier alpha value is -3.13. The van der Waals surface area contributed by atoms with Crippen LogP contribution in [0.5, 0.6) is 0 Å². The van der Waals surface area contributed by atoms with E-state index in [2.05, 4.69) is 10.3 Å². The standard InChI is InChI=1S/C18H15N3O4S/c1-11-15(20-17(26-11)14-6-3-8-24-14)16(22)19-12-4-2-5-13(10-12)21-7-9-25-18(21)23/h2-6,8,10H,7,9H2,1H3,(H,19,22). The van der Waals surface area contributed by atoms with Crippen LogP contribution < -0.4 is 10.2 Å². The molecule has 4 rings (SSSR count). The summed E-state index contributed by atoms with van der Waals surface area (Å²) in [6, 6.07) is 10.7. The molecule has 2 amide bonds. The van der Waals surface area contributed by atoms with Crippen LogP contribution in [0.3, 0.4) is 0 Å². The topological polar surface area (TPSA) is 84.7 Å². The number of furan rings is 1. The highest BCUT2D eigenvalue weighted by molar-refractivity contribution is 7.15. The average Bonchev–Trinajstić information content (AvgIpc) is 3.35. The van der Waals surface area contributed by atoms with Crippen LogP contribution >= 0.6 is 11.3 Å². The van der Waals surface area contributed by atoms with Crippen LogP contribution in [-0.4, -0.2) is 30.1 Å². The number of amides is 2. The summed E-state index contributed by atoms with van der Waals surface area (Å²) < 4.78 is 10.3. The first-order valence-corrected chi connectivity index (χ1v) is 8.80. The molecule has 0 bridgehead atoms. The van der Waals surface area contributed by atoms with Crippen LogP contribution in [0.25, 0.3) is 10.8 Å². The number of hydrogen-bond acceptors (Lipinski definition) is 6. The van der Waals surface area contributed by atoms with Crippen molar-refractivity contribution in [2.45, 2.75) is 6.92 Å². The minimum absolute atomic E-state index is 0.308. The number of nitrogens with zero attached hydrogens (tertiary/aromatic N) is 2. The quantitative estimate of drug-likeness (QED) is 0.753. The largest absolute Gasteiger partial charge is 0.462 e. The molecular weight excluding hydrogens is 354 g/mol. The number of aryl methyl sites for hydroxylation is 1. The predicted molar refractivity (Wildman–Crippen MR) is 97.6 cm³/mol. The van der Waals surface area contributed by atoms with Gasteiger partial charge in [-0.25, -0.2) is 9.78 Å². The Kier molecular flexibility index (Phi) is 4.18. The molecule has 3 heterocycles. The van der Waals surface area contributed by atoms with Gasteiger partial charge in [-0.05, 0) is 37.3 Å². The second-order valence-corrected chi connectivity index (χ2v) is 6.87. The number of hydrogen-bond donors (Lipinski definition) is 1. The van der Waals surface area contributed by atoms with Crippen molar-refractivity contribution in [1.82, 2.24) is 4.98 Å². The highest BCUT2D eigenvalue weighted by Crippen LogP contribution is 2.29. The molecule has 0 spiro atoms. The third-order valence-corrected chi connectivity index (χ3v) is 4.91. The molecular formula is C18H15N3O4S. The van der Waals surface area contributed by atoms with Gasteiger partial charge in [-0.1, -0.05) is 6.07 Å². The zero-order valence-corrected chi connectivity index (χ0v) is 14.7. The van der Waals surface area contributed by atoms with E-state index in [1.165, 1.54) is 16.2 Å². The van der Waals surface area contributed by atoms with Gasteiger partial charge in [-0.3, -0.25) is 9.69 Å². The van der Waals surface area contributed by atoms with E-state index in [1.54, 1.807) is 42.7 Å². The molecule has 7 nitrogen and oxygen atoms in total. The second-order valence-electron chi connectivity index (χ2n) is 5.67. The van der Waals surface area contributed by atoms with Gasteiger partial charge in [0.15, 0.2) is 10.8 Å². The molecule has 3 aromatic rings. The fourth-order valence-corrected chi connectivity index (χ4v) is 3.56. The molecule has 0 saturated carbocycles. The maximum absolute atomic E-state index is 12.6. The van der Waals surface area contributed by atoms with Crippen LogP contribution in [0.4, 0.5) is 16.2 Å². The van der Waals surface area contributed by atoms with Crippen LogP contribution in [0.1, 0.15) is 15.4 Å². The molecule has 26 heavy (non-hydrogen) atoms. The number of aromatic nitrogens is 1. The Morgan fingerprint density at radius 2 is 2.19 bits per heavy atom. The number of thiazole rings is 1. The summed E-state index contributed by atoms with van der Waals surface area (Å²) in [5.41, 5.74) is 1.61. The number of carbonyl (C=O) groups is 2. The number of nitrogens with one attached hydrogen (secondary N) is 1. The molecule has 1 saturated heterocycles. The zero-order valence-electron chi connectivity index (χ0n) is 13.9. The Balaban J connectivity index is 1.54. The van der Waals surface area contributed by atoms with Gasteiger partial charge in [0, 0.05) is 16.3 Å². The van der Waals surface area contributed by atoms with Gasteiger partial charge < -0.3 is 14.5 Å². The normalized spacial score (nSPS) is 13.7. The highest BCUT2D eigenvalue weighted by Gasteiger charge is 2.24. The van der Waals surface area contributed by atoms with Crippen molar-refractivity contribution in [3.8, 4) is 10.8 Å². The first-order chi connectivity index (χ1) is 12.6. The fourth-order valence-electron chi connectivity index (χ4n) is 2.68. The minimum atomic E-state index is -0.382. The van der Waals surface area contributed by atoms with Crippen LogP contribution in [0.2, 0.25) is 0 Å². The number of benzene rings is 1. The molecule has 0 radical (unpaired) electrons. The van der Waals surface area contributed by atoms with E-state index in [1.807, 2.05) is 6.92 Å². The first-order valence-electron chi connectivity index (χ1n) is 7.99. The number of rotatable bonds is 4. The van der Waals surface area contributed by atoms with E-state index < -0.39 is 0 Å². The Bertz CT molecular complexity index is 965. The fraction of sp³-hybridized carbons (Fsp3) is 0.167. The molecule has 1 aromatic carbocycles. The maximum Gasteiger partial charge on any atom is 0.414 e. The summed E-state index contributed by atoms with van der Waals surface area (Å²) in [6.45, 7) is 2.70. The predicted octanol–water partition coefficient (Wildman–Crippen LogP) is 3.92. The summed E-state index contributed by atoms with van der Waals surface area (Å²) in [5, 5.41) is 3.49. The number of carbonyl (C=O) groups excluding carboxylic acids is 2. The first kappa shape index (κ1) is 16.3. The Morgan fingerprint density at radius 1 is 1.31 bits per heavy atom. The van der Waals surface area contributed by atoms with E-state index in [-0.39, 0.29) is 12.0 Å². The minimum Gasteiger partial charge on any atom is -0.462 e. The van der Waals surface area contributed by atoms with Gasteiger partial charge in [-0.2, -0.15) is 0 Å². The molecule has 132 valence electrons. The van der Waals surface area contributed by atoms with Gasteiger partial charge in [-0.15, -0.1) is 11.3 Å². The summed E-state index contributed by atoms with van der Waals surface area (Å²) in [5.74, 6) is 0.324. The third kappa shape index (κ3) is 3.06. The van der Waals surface area contributed by atoms with Crippen molar-refractivity contribution in [3.63, 3.8) is 0 Å². The lowest BCUT2D eigenvalue weighted by Gasteiger charge is -2.14. The number of cyclic esters (lactones) is 1. The van der Waals surface area contributed by atoms with Gasteiger partial charge >= 0.3 is 6.09 Å². The molecule has 1 aliphatic heterocycles. The zero-order chi connectivity index (χ0) is 18.1. The molecule has 1 N–H and O–H groups in total. The third-order valence-electron chi connectivity index (χ3n) is 3.92. The lowest BCUT2D eigenvalue weighted by atomic mass is 10.2. The second kappa shape index (κ2) is 6.64. The monoisotopic (exact) mass is 369 g/mol. The highest BCUT2D eigenvalue weighted by atomic mass is 32.1. The number of anilines is 2. The smallest absolute Gasteiger partial charge is 0.414 e. The summed E-state index contributed by atoms with van der Waals surface area (Å²) in [6.07, 6.45) is 1.19. The van der Waals surface area contributed by atoms with Gasteiger partial charge in [0.25, 0.3) is 5.91 Å². The molecule has 0 atom stereocenters. The van der Waals surface area contributed by atoms with Crippen molar-refractivity contribution >= 4 is 34.7 Å². The van der Waals surface area contributed by atoms with E-state index in [0.717, 1.165) is 4.88 Å². The van der Waals surface area contributed by atoms with E-state index in [9.17, 15) is 9.59 Å². The lowest BCUT2D eigenvalue weighted by Crippen LogP contribution is -2.23. The van der Waals surface area contributed by atoms with Gasteiger partial charge in [0.05, 0.1) is 12.8 Å². The molecule has 8 heteroatoms. The SMILES string of the molecule is Cc1sc(-c2ccco2)nc1C(=O)Nc1cccc(N2CCOC2=O)c1. The van der Waals surface area contributed by atoms with Crippen LogP contribution in [0, 0.1) is 6.92 Å². The van der Waals surface area contributed by atoms with Crippen molar-refractivity contribution < 1.29 is 18.7 Å². The van der Waals surface area contributed by atoms with E-state index in [0.29, 0.717) is 41.0 Å². The molecule has 1 aliphatic rings. The van der Waals surface area contributed by atoms with Crippen LogP contribution in [0.15, 0.2) is 47.1 Å². The average molecular weight is 369 g/mol. The lowest BCUT2D eigenvalue weighted by molar-refractivity contribution is 0.102. The van der Waals surface area contributed by atoms with Gasteiger partial charge in [0.2, 0.25) is 0 Å². The van der Waals surface area contributed by atoms with Crippen molar-refractivity contribution in [3.05, 3.63) is 53.2 Å². The van der Waals surface area contributed by atoms with Crippen molar-refractivity contribution in [2.24, 2.45) is 0 Å². The Morgan fingerprint density at radius 3 is 2.92 bits per heavy atom. The van der Waals surface area contributed by atoms with E-state index >= 15 is 0 Å². The molecule has 0 unspecified atom stereocenters. The summed E-state index contributed by atoms with van der Waals surface area (Å²) >= 11 is 1.40. The molecule has 0 aliphatic carbocycles. The van der Waals surface area contributed by atoms with Crippen LogP contribution in [-0.2, 0) is 4.74 Å². The molecule has 1 fully saturated rings. The van der Waals surface area contributed by atoms with Crippen molar-refractivity contribution in [2.75, 3.05) is 23.4 Å².